The summed E-state index contributed by atoms with van der Waals surface area (Å²) in [5.41, 5.74) is 2.23. The molecule has 0 spiro atoms. The molecule has 0 aliphatic carbocycles. The van der Waals surface area contributed by atoms with Gasteiger partial charge in [-0.15, -0.1) is 0 Å². The number of nitrogens with zero attached hydrogens (tertiary/aromatic N) is 2. The molecule has 6 heteroatoms. The predicted molar refractivity (Wildman–Crippen MR) is 98.2 cm³/mol. The number of carbonyl (C=O) groups excluding carboxylic acids is 2. The van der Waals surface area contributed by atoms with Crippen LogP contribution in [0.4, 0.5) is 5.69 Å². The van der Waals surface area contributed by atoms with Crippen LogP contribution in [-0.4, -0.2) is 34.1 Å². The van der Waals surface area contributed by atoms with Crippen molar-refractivity contribution in [1.82, 2.24) is 4.90 Å². The van der Waals surface area contributed by atoms with E-state index in [1.165, 1.54) is 11.8 Å². The number of thiocarbonyl (C=S) groups is 1. The van der Waals surface area contributed by atoms with Crippen molar-refractivity contribution >= 4 is 51.4 Å². The molecule has 120 valence electrons. The first-order valence-electron chi connectivity index (χ1n) is 7.79. The van der Waals surface area contributed by atoms with E-state index in [2.05, 4.69) is 0 Å². The normalized spacial score (nSPS) is 20.7. The first-order chi connectivity index (χ1) is 11.1. The summed E-state index contributed by atoms with van der Waals surface area (Å²) in [4.78, 5) is 29.4. The van der Waals surface area contributed by atoms with Gasteiger partial charge in [-0.1, -0.05) is 56.0 Å². The Labute approximate surface area is 145 Å². The molecule has 0 unspecified atom stereocenters. The van der Waals surface area contributed by atoms with Gasteiger partial charge in [0.05, 0.1) is 16.2 Å². The van der Waals surface area contributed by atoms with Crippen LogP contribution in [0.15, 0.2) is 29.2 Å². The second-order valence-electron chi connectivity index (χ2n) is 5.50. The maximum absolute atomic E-state index is 12.9. The Morgan fingerprint density at radius 3 is 2.35 bits per heavy atom. The van der Waals surface area contributed by atoms with Crippen LogP contribution in [0.25, 0.3) is 5.57 Å². The predicted octanol–water partition coefficient (Wildman–Crippen LogP) is 3.42. The summed E-state index contributed by atoms with van der Waals surface area (Å²) in [6, 6.07) is 7.65. The van der Waals surface area contributed by atoms with Gasteiger partial charge in [-0.3, -0.25) is 14.5 Å². The van der Waals surface area contributed by atoms with Crippen molar-refractivity contribution in [3.63, 3.8) is 0 Å². The van der Waals surface area contributed by atoms with Crippen LogP contribution in [0.2, 0.25) is 0 Å². The van der Waals surface area contributed by atoms with Crippen LogP contribution in [0.3, 0.4) is 0 Å². The zero-order valence-corrected chi connectivity index (χ0v) is 14.8. The second-order valence-corrected chi connectivity index (χ2v) is 7.15. The molecule has 23 heavy (non-hydrogen) atoms. The lowest BCUT2D eigenvalue weighted by atomic mass is 10.1. The average molecular weight is 346 g/mol. The molecule has 1 saturated heterocycles. The highest BCUT2D eigenvalue weighted by Gasteiger charge is 2.41. The summed E-state index contributed by atoms with van der Waals surface area (Å²) in [7, 11) is 0. The van der Waals surface area contributed by atoms with Gasteiger partial charge in [0.15, 0.2) is 0 Å². The van der Waals surface area contributed by atoms with Gasteiger partial charge in [-0.2, -0.15) is 0 Å². The number of anilines is 1. The van der Waals surface area contributed by atoms with Gasteiger partial charge in [0.2, 0.25) is 0 Å². The van der Waals surface area contributed by atoms with E-state index in [-0.39, 0.29) is 11.8 Å². The van der Waals surface area contributed by atoms with E-state index in [9.17, 15) is 9.59 Å². The molecule has 1 aromatic rings. The Kier molecular flexibility index (Phi) is 4.55. The molecule has 0 atom stereocenters. The number of rotatable bonds is 4. The van der Waals surface area contributed by atoms with Crippen LogP contribution in [0, 0.1) is 0 Å². The molecular weight excluding hydrogens is 328 g/mol. The number of hydrogen-bond acceptors (Lipinski definition) is 4. The topological polar surface area (TPSA) is 40.6 Å². The van der Waals surface area contributed by atoms with E-state index in [4.69, 9.17) is 12.2 Å². The lowest BCUT2D eigenvalue weighted by molar-refractivity contribution is -0.122. The third-order valence-corrected chi connectivity index (χ3v) is 5.34. The summed E-state index contributed by atoms with van der Waals surface area (Å²) >= 11 is 6.57. The summed E-state index contributed by atoms with van der Waals surface area (Å²) in [5.74, 6) is -0.233. The van der Waals surface area contributed by atoms with Gasteiger partial charge >= 0.3 is 0 Å². The van der Waals surface area contributed by atoms with Gasteiger partial charge in [0, 0.05) is 18.7 Å². The highest BCUT2D eigenvalue weighted by molar-refractivity contribution is 8.26. The Bertz CT molecular complexity index is 727. The third kappa shape index (κ3) is 2.60. The molecule has 0 bridgehead atoms. The number of amides is 2. The largest absolute Gasteiger partial charge is 0.308 e. The van der Waals surface area contributed by atoms with Gasteiger partial charge in [-0.05, 0) is 18.9 Å². The van der Waals surface area contributed by atoms with Crippen LogP contribution in [0.5, 0.6) is 0 Å². The van der Waals surface area contributed by atoms with Crippen molar-refractivity contribution in [2.24, 2.45) is 0 Å². The maximum Gasteiger partial charge on any atom is 0.267 e. The minimum absolute atomic E-state index is 0.0925. The molecule has 2 amide bonds. The zero-order chi connectivity index (χ0) is 16.6. The minimum atomic E-state index is -0.140. The van der Waals surface area contributed by atoms with Crippen molar-refractivity contribution in [2.75, 3.05) is 18.0 Å². The maximum atomic E-state index is 12.9. The van der Waals surface area contributed by atoms with Crippen LogP contribution < -0.4 is 4.90 Å². The molecule has 0 saturated carbocycles. The number of thioether (sulfide) groups is 1. The van der Waals surface area contributed by atoms with Crippen molar-refractivity contribution < 1.29 is 9.59 Å². The van der Waals surface area contributed by atoms with Gasteiger partial charge < -0.3 is 4.90 Å². The molecule has 2 aliphatic heterocycles. The minimum Gasteiger partial charge on any atom is -0.308 e. The van der Waals surface area contributed by atoms with Crippen LogP contribution >= 0.6 is 24.0 Å². The van der Waals surface area contributed by atoms with E-state index >= 15 is 0 Å². The van der Waals surface area contributed by atoms with Gasteiger partial charge in [-0.25, -0.2) is 0 Å². The summed E-state index contributed by atoms with van der Waals surface area (Å²) in [6.07, 6.45) is 1.70. The Morgan fingerprint density at radius 2 is 1.65 bits per heavy atom. The molecule has 1 aromatic carbocycles. The van der Waals surface area contributed by atoms with E-state index in [1.54, 1.807) is 9.80 Å². The first kappa shape index (κ1) is 16.2. The highest BCUT2D eigenvalue weighted by atomic mass is 32.2. The molecule has 2 aliphatic rings. The lowest BCUT2D eigenvalue weighted by Gasteiger charge is -2.15. The second kappa shape index (κ2) is 6.45. The molecular formula is C17H18N2O2S2. The number of hydrogen-bond donors (Lipinski definition) is 0. The zero-order valence-electron chi connectivity index (χ0n) is 13.2. The molecule has 3 rings (SSSR count). The summed E-state index contributed by atoms with van der Waals surface area (Å²) in [5, 5.41) is 0. The number of benzene rings is 1. The molecule has 4 nitrogen and oxygen atoms in total. The third-order valence-electron chi connectivity index (χ3n) is 3.89. The van der Waals surface area contributed by atoms with E-state index in [0.29, 0.717) is 27.9 Å². The Morgan fingerprint density at radius 1 is 1.00 bits per heavy atom. The molecule has 1 fully saturated rings. The smallest absolute Gasteiger partial charge is 0.267 e. The standard InChI is InChI=1S/C17H18N2O2S2/c1-3-9-18-12-8-6-5-7-11(12)13(15(18)20)14-16(21)19(10-4-2)17(22)23-14/h5-8H,3-4,9-10H2,1-2H3/b14-13+. The fraction of sp³-hybridized carbons (Fsp3) is 0.353. The quantitative estimate of drug-likeness (QED) is 0.619. The van der Waals surface area contributed by atoms with Gasteiger partial charge in [0.25, 0.3) is 11.8 Å². The number of carbonyl (C=O) groups is 2. The van der Waals surface area contributed by atoms with Crippen molar-refractivity contribution in [3.8, 4) is 0 Å². The van der Waals surface area contributed by atoms with Gasteiger partial charge in [0.1, 0.15) is 4.32 Å². The average Bonchev–Trinajstić information content (AvgIpc) is 2.97. The molecule has 2 heterocycles. The number of para-hydroxylation sites is 1. The molecule has 0 N–H and O–H groups in total. The fourth-order valence-electron chi connectivity index (χ4n) is 2.91. The van der Waals surface area contributed by atoms with Crippen molar-refractivity contribution in [3.05, 3.63) is 34.7 Å². The van der Waals surface area contributed by atoms with Crippen LogP contribution in [-0.2, 0) is 9.59 Å². The lowest BCUT2D eigenvalue weighted by Crippen LogP contribution is -2.30. The van der Waals surface area contributed by atoms with E-state index < -0.39 is 0 Å². The SMILES string of the molecule is CCCN1C(=O)/C(=C2\C(=O)N(CCC)c3ccccc32)SC1=S. The molecule has 0 radical (unpaired) electrons. The summed E-state index contributed by atoms with van der Waals surface area (Å²) in [6.45, 7) is 5.28. The molecule has 0 aromatic heterocycles. The Balaban J connectivity index is 2.11. The number of fused-ring (bicyclic) bond motifs is 1. The Hall–Kier alpha value is -1.66. The van der Waals surface area contributed by atoms with Crippen molar-refractivity contribution in [1.29, 1.82) is 0 Å². The highest BCUT2D eigenvalue weighted by Crippen LogP contribution is 2.44. The monoisotopic (exact) mass is 346 g/mol. The van der Waals surface area contributed by atoms with Crippen LogP contribution in [0.1, 0.15) is 32.3 Å². The van der Waals surface area contributed by atoms with Crippen molar-refractivity contribution in [2.45, 2.75) is 26.7 Å². The first-order valence-corrected chi connectivity index (χ1v) is 9.01. The fourth-order valence-corrected chi connectivity index (χ4v) is 4.29. The summed E-state index contributed by atoms with van der Waals surface area (Å²) < 4.78 is 0.540. The van der Waals surface area contributed by atoms with E-state index in [1.807, 2.05) is 38.1 Å². The van der Waals surface area contributed by atoms with E-state index in [0.717, 1.165) is 24.1 Å².